The lowest BCUT2D eigenvalue weighted by atomic mass is 9.79. The first-order valence-electron chi connectivity index (χ1n) is 11.6. The van der Waals surface area contributed by atoms with E-state index in [9.17, 15) is 4.79 Å². The van der Waals surface area contributed by atoms with Crippen LogP contribution in [0.1, 0.15) is 56.7 Å². The minimum absolute atomic E-state index is 0.0912. The fourth-order valence-corrected chi connectivity index (χ4v) is 5.06. The zero-order valence-corrected chi connectivity index (χ0v) is 20.2. The Morgan fingerprint density at radius 2 is 1.97 bits per heavy atom. The number of hydrogen-bond donors (Lipinski definition) is 1. The number of fused-ring (bicyclic) bond motifs is 2. The van der Waals surface area contributed by atoms with E-state index >= 15 is 0 Å². The van der Waals surface area contributed by atoms with E-state index in [1.54, 1.807) is 6.21 Å². The Morgan fingerprint density at radius 1 is 1.21 bits per heavy atom. The summed E-state index contributed by atoms with van der Waals surface area (Å²) in [4.78, 5) is 14.8. The van der Waals surface area contributed by atoms with Gasteiger partial charge in [-0.25, -0.2) is 5.43 Å². The SMILES string of the molecule is CCN1c2cc(C)c(/C=N\NC(=O)COc3cccc4ccccc34)cc2C(C)CC1(C)C. The van der Waals surface area contributed by atoms with Gasteiger partial charge in [0.1, 0.15) is 5.75 Å². The lowest BCUT2D eigenvalue weighted by Crippen LogP contribution is -2.48. The Bertz CT molecular complexity index is 1190. The van der Waals surface area contributed by atoms with Gasteiger partial charge in [-0.1, -0.05) is 43.3 Å². The lowest BCUT2D eigenvalue weighted by Gasteiger charge is -2.47. The summed E-state index contributed by atoms with van der Waals surface area (Å²) in [7, 11) is 0. The molecule has 3 aromatic carbocycles. The maximum Gasteiger partial charge on any atom is 0.277 e. The van der Waals surface area contributed by atoms with Crippen molar-refractivity contribution in [2.75, 3.05) is 18.1 Å². The second-order valence-corrected chi connectivity index (χ2v) is 9.49. The molecule has 0 spiro atoms. The van der Waals surface area contributed by atoms with Gasteiger partial charge in [-0.2, -0.15) is 5.10 Å². The monoisotopic (exact) mass is 443 g/mol. The fraction of sp³-hybridized carbons (Fsp3) is 0.357. The molecule has 1 aliphatic rings. The molecule has 0 radical (unpaired) electrons. The Morgan fingerprint density at radius 3 is 2.76 bits per heavy atom. The molecule has 33 heavy (non-hydrogen) atoms. The molecular weight excluding hydrogens is 410 g/mol. The Kier molecular flexibility index (Phi) is 6.41. The molecule has 1 atom stereocenters. The van der Waals surface area contributed by atoms with Crippen LogP contribution >= 0.6 is 0 Å². The predicted octanol–water partition coefficient (Wildman–Crippen LogP) is 5.79. The Hall–Kier alpha value is -3.34. The standard InChI is InChI=1S/C28H33N3O2/c1-6-31-25-14-19(2)22(15-24(25)20(3)16-28(31,4)5)17-29-30-27(32)18-33-26-13-9-11-21-10-7-8-12-23(21)26/h7-15,17,20H,6,16,18H2,1-5H3,(H,30,32)/b29-17-. The summed E-state index contributed by atoms with van der Waals surface area (Å²) in [5.41, 5.74) is 7.55. The third-order valence-electron chi connectivity index (χ3n) is 6.59. The number of carbonyl (C=O) groups excluding carboxylic acids is 1. The maximum absolute atomic E-state index is 12.3. The average Bonchev–Trinajstić information content (AvgIpc) is 2.78. The van der Waals surface area contributed by atoms with Crippen molar-refractivity contribution in [2.24, 2.45) is 5.10 Å². The van der Waals surface area contributed by atoms with Gasteiger partial charge in [0.15, 0.2) is 6.61 Å². The van der Waals surface area contributed by atoms with E-state index in [0.717, 1.165) is 34.9 Å². The number of carbonyl (C=O) groups is 1. The largest absolute Gasteiger partial charge is 0.483 e. The first kappa shape index (κ1) is 22.8. The molecule has 0 saturated carbocycles. The first-order chi connectivity index (χ1) is 15.8. The number of ether oxygens (including phenoxy) is 1. The number of nitrogens with one attached hydrogen (secondary N) is 1. The molecule has 0 bridgehead atoms. The van der Waals surface area contributed by atoms with Crippen molar-refractivity contribution in [1.29, 1.82) is 0 Å². The Labute approximate surface area is 196 Å². The van der Waals surface area contributed by atoms with Crippen molar-refractivity contribution in [3.63, 3.8) is 0 Å². The van der Waals surface area contributed by atoms with Gasteiger partial charge < -0.3 is 9.64 Å². The zero-order chi connectivity index (χ0) is 23.6. The van der Waals surface area contributed by atoms with Gasteiger partial charge in [0, 0.05) is 23.2 Å². The first-order valence-corrected chi connectivity index (χ1v) is 11.6. The van der Waals surface area contributed by atoms with Gasteiger partial charge in [0.2, 0.25) is 0 Å². The molecule has 3 aromatic rings. The molecule has 4 rings (SSSR count). The van der Waals surface area contributed by atoms with Crippen molar-refractivity contribution >= 4 is 28.6 Å². The van der Waals surface area contributed by atoms with E-state index in [1.165, 1.54) is 11.3 Å². The number of hydrazone groups is 1. The quantitative estimate of drug-likeness (QED) is 0.388. The van der Waals surface area contributed by atoms with Crippen LogP contribution in [0.3, 0.4) is 0 Å². The summed E-state index contributed by atoms with van der Waals surface area (Å²) in [5, 5.41) is 6.27. The number of nitrogens with zero attached hydrogens (tertiary/aromatic N) is 2. The highest BCUT2D eigenvalue weighted by atomic mass is 16.5. The molecule has 1 aliphatic heterocycles. The molecule has 1 heterocycles. The summed E-state index contributed by atoms with van der Waals surface area (Å²) in [6.07, 6.45) is 2.84. The normalized spacial score (nSPS) is 17.2. The third kappa shape index (κ3) is 4.72. The molecular formula is C28H33N3O2. The Balaban J connectivity index is 1.43. The number of benzene rings is 3. The third-order valence-corrected chi connectivity index (χ3v) is 6.59. The number of anilines is 1. The minimum atomic E-state index is -0.290. The van der Waals surface area contributed by atoms with Gasteiger partial charge >= 0.3 is 0 Å². The summed E-state index contributed by atoms with van der Waals surface area (Å²) >= 11 is 0. The van der Waals surface area contributed by atoms with Gasteiger partial charge in [-0.3, -0.25) is 4.79 Å². The molecule has 1 amide bonds. The molecule has 5 heteroatoms. The summed E-state index contributed by atoms with van der Waals surface area (Å²) in [6, 6.07) is 18.2. The van der Waals surface area contributed by atoms with Crippen LogP contribution in [0.2, 0.25) is 0 Å². The second kappa shape index (κ2) is 9.26. The van der Waals surface area contributed by atoms with Crippen molar-refractivity contribution in [3.05, 3.63) is 71.3 Å². The number of amides is 1. The lowest BCUT2D eigenvalue weighted by molar-refractivity contribution is -0.123. The number of hydrogen-bond acceptors (Lipinski definition) is 4. The minimum Gasteiger partial charge on any atom is -0.483 e. The van der Waals surface area contributed by atoms with Crippen LogP contribution in [0.15, 0.2) is 59.7 Å². The van der Waals surface area contributed by atoms with E-state index in [0.29, 0.717) is 11.7 Å². The van der Waals surface area contributed by atoms with Gasteiger partial charge in [-0.15, -0.1) is 0 Å². The van der Waals surface area contributed by atoms with Crippen LogP contribution in [0.25, 0.3) is 10.8 Å². The maximum atomic E-state index is 12.3. The van der Waals surface area contributed by atoms with Crippen LogP contribution in [-0.2, 0) is 4.79 Å². The fourth-order valence-electron chi connectivity index (χ4n) is 5.06. The van der Waals surface area contributed by atoms with Crippen LogP contribution in [0, 0.1) is 6.92 Å². The second-order valence-electron chi connectivity index (χ2n) is 9.49. The van der Waals surface area contributed by atoms with E-state index in [-0.39, 0.29) is 18.1 Å². The zero-order valence-electron chi connectivity index (χ0n) is 20.2. The van der Waals surface area contributed by atoms with Gasteiger partial charge in [0.05, 0.1) is 6.21 Å². The molecule has 172 valence electrons. The number of aryl methyl sites for hydroxylation is 1. The van der Waals surface area contributed by atoms with Crippen LogP contribution in [0.4, 0.5) is 5.69 Å². The van der Waals surface area contributed by atoms with Gasteiger partial charge in [-0.05, 0) is 80.3 Å². The average molecular weight is 444 g/mol. The van der Waals surface area contributed by atoms with E-state index in [2.05, 4.69) is 62.2 Å². The van der Waals surface area contributed by atoms with Crippen LogP contribution in [-0.4, -0.2) is 30.8 Å². The van der Waals surface area contributed by atoms with Crippen molar-refractivity contribution in [3.8, 4) is 5.75 Å². The highest BCUT2D eigenvalue weighted by Gasteiger charge is 2.35. The van der Waals surface area contributed by atoms with Crippen LogP contribution < -0.4 is 15.1 Å². The topological polar surface area (TPSA) is 53.9 Å². The smallest absolute Gasteiger partial charge is 0.277 e. The van der Waals surface area contributed by atoms with Crippen molar-refractivity contribution < 1.29 is 9.53 Å². The highest BCUT2D eigenvalue weighted by Crippen LogP contribution is 2.44. The summed E-state index contributed by atoms with van der Waals surface area (Å²) < 4.78 is 5.75. The van der Waals surface area contributed by atoms with E-state index in [1.807, 2.05) is 42.5 Å². The molecule has 0 saturated heterocycles. The van der Waals surface area contributed by atoms with E-state index < -0.39 is 0 Å². The predicted molar refractivity (Wildman–Crippen MR) is 136 cm³/mol. The molecule has 0 aromatic heterocycles. The molecule has 1 N–H and O–H groups in total. The van der Waals surface area contributed by atoms with E-state index in [4.69, 9.17) is 4.74 Å². The molecule has 5 nitrogen and oxygen atoms in total. The summed E-state index contributed by atoms with van der Waals surface area (Å²) in [5.74, 6) is 0.867. The van der Waals surface area contributed by atoms with Gasteiger partial charge in [0.25, 0.3) is 5.91 Å². The molecule has 1 unspecified atom stereocenters. The number of rotatable bonds is 6. The van der Waals surface area contributed by atoms with Crippen molar-refractivity contribution in [2.45, 2.75) is 52.5 Å². The molecule has 0 fully saturated rings. The molecule has 0 aliphatic carbocycles. The highest BCUT2D eigenvalue weighted by molar-refractivity contribution is 5.89. The van der Waals surface area contributed by atoms with Crippen molar-refractivity contribution in [1.82, 2.24) is 5.43 Å². The van der Waals surface area contributed by atoms with Crippen LogP contribution in [0.5, 0.6) is 5.75 Å². The summed E-state index contributed by atoms with van der Waals surface area (Å²) in [6.45, 7) is 12.1.